The van der Waals surface area contributed by atoms with Gasteiger partial charge in [-0.2, -0.15) is 0 Å². The smallest absolute Gasteiger partial charge is 0.230 e. The third-order valence-corrected chi connectivity index (χ3v) is 4.61. The molecule has 1 fully saturated rings. The molecule has 0 saturated heterocycles. The van der Waals surface area contributed by atoms with E-state index in [-0.39, 0.29) is 18.4 Å². The lowest BCUT2D eigenvalue weighted by Crippen LogP contribution is -2.47. The predicted octanol–water partition coefficient (Wildman–Crippen LogP) is 2.32. The van der Waals surface area contributed by atoms with Crippen LogP contribution in [0.4, 0.5) is 0 Å². The number of rotatable bonds is 5. The first kappa shape index (κ1) is 14.4. The average Bonchev–Trinajstić information content (AvgIpc) is 2.48. The highest BCUT2D eigenvalue weighted by Crippen LogP contribution is 2.36. The van der Waals surface area contributed by atoms with Gasteiger partial charge in [-0.25, -0.2) is 0 Å². The molecule has 3 rings (SSSR count). The first-order valence-electron chi connectivity index (χ1n) is 7.94. The molecule has 1 heterocycles. The number of carbonyl (C=O) groups excluding carboxylic acids is 1. The maximum atomic E-state index is 13.0. The van der Waals surface area contributed by atoms with Crippen molar-refractivity contribution in [2.75, 3.05) is 19.8 Å². The Kier molecular flexibility index (Phi) is 4.44. The highest BCUT2D eigenvalue weighted by molar-refractivity contribution is 5.85. The van der Waals surface area contributed by atoms with Crippen LogP contribution in [0, 0.1) is 0 Å². The molecule has 2 aliphatic rings. The lowest BCUT2D eigenvalue weighted by Gasteiger charge is -2.40. The Morgan fingerprint density at radius 1 is 1.29 bits per heavy atom. The predicted molar refractivity (Wildman–Crippen MR) is 80.3 cm³/mol. The minimum Gasteiger partial charge on any atom is -0.493 e. The molecule has 1 atom stereocenters. The molecule has 1 saturated carbocycles. The number of hydrogen-bond donors (Lipinski definition) is 1. The molecule has 0 spiro atoms. The summed E-state index contributed by atoms with van der Waals surface area (Å²) in [5, 5.41) is 9.08. The molecule has 0 bridgehead atoms. The molecule has 1 aliphatic carbocycles. The minimum atomic E-state index is -0.0887. The SMILES string of the molecule is O=C(C1CCOc2ccccc21)N(CCCO)C1CCC1. The molecule has 1 aromatic rings. The summed E-state index contributed by atoms with van der Waals surface area (Å²) in [5.41, 5.74) is 1.02. The summed E-state index contributed by atoms with van der Waals surface area (Å²) in [6.07, 6.45) is 4.81. The third-order valence-electron chi connectivity index (χ3n) is 4.61. The molecule has 21 heavy (non-hydrogen) atoms. The summed E-state index contributed by atoms with van der Waals surface area (Å²) in [7, 11) is 0. The van der Waals surface area contributed by atoms with Crippen LogP contribution >= 0.6 is 0 Å². The zero-order valence-corrected chi connectivity index (χ0v) is 12.3. The van der Waals surface area contributed by atoms with Gasteiger partial charge in [0.15, 0.2) is 0 Å². The molecule has 1 N–H and O–H groups in total. The van der Waals surface area contributed by atoms with Gasteiger partial charge in [0.1, 0.15) is 5.75 Å². The van der Waals surface area contributed by atoms with Gasteiger partial charge in [-0.05, 0) is 38.2 Å². The second-order valence-electron chi connectivity index (χ2n) is 5.92. The number of nitrogens with zero attached hydrogens (tertiary/aromatic N) is 1. The van der Waals surface area contributed by atoms with Crippen LogP contribution < -0.4 is 4.74 Å². The highest BCUT2D eigenvalue weighted by Gasteiger charge is 2.35. The van der Waals surface area contributed by atoms with Crippen LogP contribution in [0.25, 0.3) is 0 Å². The highest BCUT2D eigenvalue weighted by atomic mass is 16.5. The molecule has 1 unspecified atom stereocenters. The summed E-state index contributed by atoms with van der Waals surface area (Å²) in [6.45, 7) is 1.41. The van der Waals surface area contributed by atoms with E-state index in [4.69, 9.17) is 9.84 Å². The average molecular weight is 289 g/mol. The molecular weight excluding hydrogens is 266 g/mol. The van der Waals surface area contributed by atoms with Gasteiger partial charge in [-0.1, -0.05) is 18.2 Å². The number of ether oxygens (including phenoxy) is 1. The van der Waals surface area contributed by atoms with E-state index in [1.165, 1.54) is 6.42 Å². The fourth-order valence-electron chi connectivity index (χ4n) is 3.21. The lowest BCUT2D eigenvalue weighted by molar-refractivity contribution is -0.137. The monoisotopic (exact) mass is 289 g/mol. The van der Waals surface area contributed by atoms with Crippen molar-refractivity contribution in [2.24, 2.45) is 0 Å². The molecule has 4 heteroatoms. The second-order valence-corrected chi connectivity index (χ2v) is 5.92. The Morgan fingerprint density at radius 3 is 2.81 bits per heavy atom. The number of hydrogen-bond acceptors (Lipinski definition) is 3. The minimum absolute atomic E-state index is 0.0887. The second kappa shape index (κ2) is 6.48. The number of para-hydroxylation sites is 1. The van der Waals surface area contributed by atoms with E-state index >= 15 is 0 Å². The maximum absolute atomic E-state index is 13.0. The van der Waals surface area contributed by atoms with Gasteiger partial charge in [0.25, 0.3) is 0 Å². The van der Waals surface area contributed by atoms with Gasteiger partial charge in [0.05, 0.1) is 12.5 Å². The van der Waals surface area contributed by atoms with Crippen molar-refractivity contribution >= 4 is 5.91 Å². The number of aliphatic hydroxyl groups excluding tert-OH is 1. The van der Waals surface area contributed by atoms with Crippen LogP contribution in [-0.4, -0.2) is 41.7 Å². The van der Waals surface area contributed by atoms with E-state index in [2.05, 4.69) is 0 Å². The van der Waals surface area contributed by atoms with Crippen LogP contribution in [0.2, 0.25) is 0 Å². The number of carbonyl (C=O) groups is 1. The molecule has 4 nitrogen and oxygen atoms in total. The van der Waals surface area contributed by atoms with Gasteiger partial charge in [0.2, 0.25) is 5.91 Å². The first-order chi connectivity index (χ1) is 10.3. The van der Waals surface area contributed by atoms with Gasteiger partial charge >= 0.3 is 0 Å². The first-order valence-corrected chi connectivity index (χ1v) is 7.94. The zero-order chi connectivity index (χ0) is 14.7. The fraction of sp³-hybridized carbons (Fsp3) is 0.588. The Bertz CT molecular complexity index is 499. The van der Waals surface area contributed by atoms with Crippen LogP contribution in [0.15, 0.2) is 24.3 Å². The summed E-state index contributed by atoms with van der Waals surface area (Å²) < 4.78 is 5.65. The van der Waals surface area contributed by atoms with Gasteiger partial charge < -0.3 is 14.7 Å². The summed E-state index contributed by atoms with van der Waals surface area (Å²) in [6, 6.07) is 8.23. The third kappa shape index (κ3) is 2.91. The summed E-state index contributed by atoms with van der Waals surface area (Å²) in [5.74, 6) is 0.968. The van der Waals surface area contributed by atoms with Crippen molar-refractivity contribution in [3.8, 4) is 5.75 Å². The fourth-order valence-corrected chi connectivity index (χ4v) is 3.21. The Morgan fingerprint density at radius 2 is 2.10 bits per heavy atom. The number of fused-ring (bicyclic) bond motifs is 1. The van der Waals surface area contributed by atoms with Crippen LogP contribution in [0.3, 0.4) is 0 Å². The van der Waals surface area contributed by atoms with E-state index in [0.717, 1.165) is 30.6 Å². The van der Waals surface area contributed by atoms with Crippen molar-refractivity contribution < 1.29 is 14.6 Å². The molecule has 1 aliphatic heterocycles. The Balaban J connectivity index is 1.79. The van der Waals surface area contributed by atoms with Crippen LogP contribution in [0.1, 0.15) is 43.6 Å². The van der Waals surface area contributed by atoms with Gasteiger partial charge in [-0.3, -0.25) is 4.79 Å². The summed E-state index contributed by atoms with van der Waals surface area (Å²) in [4.78, 5) is 15.0. The summed E-state index contributed by atoms with van der Waals surface area (Å²) >= 11 is 0. The van der Waals surface area contributed by atoms with E-state index in [0.29, 0.717) is 25.6 Å². The molecule has 1 amide bonds. The van der Waals surface area contributed by atoms with Crippen LogP contribution in [-0.2, 0) is 4.79 Å². The van der Waals surface area contributed by atoms with Gasteiger partial charge in [-0.15, -0.1) is 0 Å². The van der Waals surface area contributed by atoms with Gasteiger partial charge in [0, 0.05) is 24.8 Å². The Hall–Kier alpha value is -1.55. The molecule has 0 aromatic heterocycles. The van der Waals surface area contributed by atoms with Crippen molar-refractivity contribution in [3.05, 3.63) is 29.8 Å². The van der Waals surface area contributed by atoms with Crippen molar-refractivity contribution in [1.29, 1.82) is 0 Å². The van der Waals surface area contributed by atoms with Crippen molar-refractivity contribution in [2.45, 2.75) is 44.1 Å². The van der Waals surface area contributed by atoms with E-state index in [1.807, 2.05) is 29.2 Å². The quantitative estimate of drug-likeness (QED) is 0.905. The molecule has 0 radical (unpaired) electrons. The van der Waals surface area contributed by atoms with E-state index < -0.39 is 0 Å². The topological polar surface area (TPSA) is 49.8 Å². The standard InChI is InChI=1S/C17H23NO3/c19-11-4-10-18(13-5-3-6-13)17(20)15-9-12-21-16-8-2-1-7-14(15)16/h1-2,7-8,13,15,19H,3-6,9-12H2. The molecule has 114 valence electrons. The number of aliphatic hydroxyl groups is 1. The maximum Gasteiger partial charge on any atom is 0.230 e. The number of amides is 1. The van der Waals surface area contributed by atoms with Crippen LogP contribution in [0.5, 0.6) is 5.75 Å². The molecular formula is C17H23NO3. The molecule has 1 aromatic carbocycles. The number of benzene rings is 1. The normalized spacial score (nSPS) is 21.1. The largest absolute Gasteiger partial charge is 0.493 e. The van der Waals surface area contributed by atoms with Crippen molar-refractivity contribution in [3.63, 3.8) is 0 Å². The lowest BCUT2D eigenvalue weighted by atomic mass is 9.87. The van der Waals surface area contributed by atoms with Crippen molar-refractivity contribution in [1.82, 2.24) is 4.90 Å². The van der Waals surface area contributed by atoms with E-state index in [1.54, 1.807) is 0 Å². The van der Waals surface area contributed by atoms with E-state index in [9.17, 15) is 4.79 Å². The zero-order valence-electron chi connectivity index (χ0n) is 12.3. The Labute approximate surface area is 125 Å².